The highest BCUT2D eigenvalue weighted by Crippen LogP contribution is 2.36. The van der Waals surface area contributed by atoms with E-state index in [1.54, 1.807) is 23.1 Å². The quantitative estimate of drug-likeness (QED) is 0.572. The Kier molecular flexibility index (Phi) is 6.57. The van der Waals surface area contributed by atoms with Gasteiger partial charge in [-0.2, -0.15) is 5.10 Å². The van der Waals surface area contributed by atoms with E-state index in [1.807, 2.05) is 26.0 Å². The van der Waals surface area contributed by atoms with Gasteiger partial charge in [-0.15, -0.1) is 0 Å². The van der Waals surface area contributed by atoms with Crippen LogP contribution in [0, 0.1) is 0 Å². The monoisotopic (exact) mass is 483 g/mol. The molecule has 9 heteroatoms. The van der Waals surface area contributed by atoms with Gasteiger partial charge >= 0.3 is 0 Å². The number of fused-ring (bicyclic) bond motifs is 1. The fraction of sp³-hybridized carbons (Fsp3) is 0.480. The van der Waals surface area contributed by atoms with Gasteiger partial charge in [0.05, 0.1) is 25.4 Å². The van der Waals surface area contributed by atoms with E-state index in [0.717, 1.165) is 47.3 Å². The van der Waals surface area contributed by atoms with Crippen molar-refractivity contribution < 1.29 is 14.6 Å². The molecule has 2 fully saturated rings. The van der Waals surface area contributed by atoms with Crippen LogP contribution < -0.4 is 5.32 Å². The van der Waals surface area contributed by atoms with Crippen molar-refractivity contribution >= 4 is 34.1 Å². The summed E-state index contributed by atoms with van der Waals surface area (Å²) in [5, 5.41) is 20.0. The molecule has 0 spiro atoms. The maximum atomic E-state index is 12.6. The van der Waals surface area contributed by atoms with Gasteiger partial charge in [-0.3, -0.25) is 14.4 Å². The van der Waals surface area contributed by atoms with Gasteiger partial charge in [-0.25, -0.2) is 4.98 Å². The number of carbonyl (C=O) groups is 1. The fourth-order valence-electron chi connectivity index (χ4n) is 4.91. The first-order valence-electron chi connectivity index (χ1n) is 11.8. The SMILES string of the molecule is CC(C)n1ccc(C(=O)Nc2cc3cc(C4CCN(C5COCC5O)CC4)c(Cl)cc3cn2)n1. The number of pyridine rings is 1. The first-order chi connectivity index (χ1) is 16.4. The van der Waals surface area contributed by atoms with Gasteiger partial charge in [0.1, 0.15) is 5.82 Å². The molecule has 3 aromatic rings. The summed E-state index contributed by atoms with van der Waals surface area (Å²) in [5.41, 5.74) is 1.48. The van der Waals surface area contributed by atoms with E-state index in [0.29, 0.717) is 30.6 Å². The third kappa shape index (κ3) is 4.68. The van der Waals surface area contributed by atoms with Gasteiger partial charge in [-0.1, -0.05) is 11.6 Å². The van der Waals surface area contributed by atoms with Crippen molar-refractivity contribution in [2.24, 2.45) is 0 Å². The molecule has 5 rings (SSSR count). The molecule has 34 heavy (non-hydrogen) atoms. The number of anilines is 1. The number of benzene rings is 1. The number of hydrogen-bond donors (Lipinski definition) is 2. The van der Waals surface area contributed by atoms with Gasteiger partial charge in [0.2, 0.25) is 0 Å². The molecule has 2 N–H and O–H groups in total. The van der Waals surface area contributed by atoms with Crippen LogP contribution in [0.2, 0.25) is 5.02 Å². The highest BCUT2D eigenvalue weighted by atomic mass is 35.5. The summed E-state index contributed by atoms with van der Waals surface area (Å²) < 4.78 is 7.18. The number of likely N-dealkylation sites (tertiary alicyclic amines) is 1. The Labute approximate surface area is 203 Å². The molecule has 0 bridgehead atoms. The molecule has 2 aromatic heterocycles. The number of carbonyl (C=O) groups excluding carboxylic acids is 1. The largest absolute Gasteiger partial charge is 0.389 e. The molecule has 0 saturated carbocycles. The van der Waals surface area contributed by atoms with Crippen LogP contribution in [0.4, 0.5) is 5.82 Å². The smallest absolute Gasteiger partial charge is 0.277 e. The Hall–Kier alpha value is -2.52. The predicted molar refractivity (Wildman–Crippen MR) is 131 cm³/mol. The Morgan fingerprint density at radius 2 is 2.00 bits per heavy atom. The molecule has 1 aromatic carbocycles. The average molecular weight is 484 g/mol. The minimum absolute atomic E-state index is 0.0946. The number of ether oxygens (including phenoxy) is 1. The van der Waals surface area contributed by atoms with E-state index in [-0.39, 0.29) is 18.0 Å². The zero-order valence-electron chi connectivity index (χ0n) is 19.4. The Morgan fingerprint density at radius 3 is 2.68 bits per heavy atom. The highest BCUT2D eigenvalue weighted by molar-refractivity contribution is 6.32. The normalized spacial score (nSPS) is 22.0. The van der Waals surface area contributed by atoms with E-state index >= 15 is 0 Å². The maximum Gasteiger partial charge on any atom is 0.277 e. The third-order valence-electron chi connectivity index (χ3n) is 6.91. The molecule has 1 amide bonds. The van der Waals surface area contributed by atoms with Crippen LogP contribution >= 0.6 is 11.6 Å². The van der Waals surface area contributed by atoms with Gasteiger partial charge in [0.15, 0.2) is 5.69 Å². The van der Waals surface area contributed by atoms with Crippen LogP contribution in [-0.4, -0.2) is 69.1 Å². The van der Waals surface area contributed by atoms with Crippen LogP contribution in [0.1, 0.15) is 54.7 Å². The summed E-state index contributed by atoms with van der Waals surface area (Å²) in [5.74, 6) is 0.541. The van der Waals surface area contributed by atoms with Gasteiger partial charge in [0, 0.05) is 28.8 Å². The summed E-state index contributed by atoms with van der Waals surface area (Å²) in [6.07, 6.45) is 5.08. The minimum Gasteiger partial charge on any atom is -0.389 e. The van der Waals surface area contributed by atoms with E-state index in [1.165, 1.54) is 0 Å². The number of piperidine rings is 1. The molecule has 2 saturated heterocycles. The fourth-order valence-corrected chi connectivity index (χ4v) is 5.24. The first kappa shape index (κ1) is 23.2. The van der Waals surface area contributed by atoms with Gasteiger partial charge < -0.3 is 15.2 Å². The Balaban J connectivity index is 1.31. The number of hydrogen-bond acceptors (Lipinski definition) is 6. The number of halogens is 1. The second kappa shape index (κ2) is 9.62. The lowest BCUT2D eigenvalue weighted by Gasteiger charge is -2.36. The van der Waals surface area contributed by atoms with E-state index in [2.05, 4.69) is 26.4 Å². The zero-order valence-corrected chi connectivity index (χ0v) is 20.2. The summed E-state index contributed by atoms with van der Waals surface area (Å²) in [6, 6.07) is 7.95. The summed E-state index contributed by atoms with van der Waals surface area (Å²) in [7, 11) is 0. The topological polar surface area (TPSA) is 92.5 Å². The molecular formula is C25H30ClN5O3. The number of aliphatic hydroxyl groups excluding tert-OH is 1. The van der Waals surface area contributed by atoms with E-state index in [4.69, 9.17) is 16.3 Å². The maximum absolute atomic E-state index is 12.6. The Bertz CT molecular complexity index is 1190. The molecule has 2 aliphatic heterocycles. The Morgan fingerprint density at radius 1 is 1.21 bits per heavy atom. The van der Waals surface area contributed by atoms with Crippen LogP contribution in [-0.2, 0) is 4.74 Å². The average Bonchev–Trinajstić information content (AvgIpc) is 3.49. The number of aliphatic hydroxyl groups is 1. The van der Waals surface area contributed by atoms with Crippen molar-refractivity contribution in [2.45, 2.75) is 50.8 Å². The van der Waals surface area contributed by atoms with Crippen molar-refractivity contribution in [1.29, 1.82) is 0 Å². The third-order valence-corrected chi connectivity index (χ3v) is 7.24. The number of nitrogens with one attached hydrogen (secondary N) is 1. The number of rotatable bonds is 5. The van der Waals surface area contributed by atoms with E-state index < -0.39 is 6.10 Å². The molecule has 2 aliphatic rings. The molecule has 2 unspecified atom stereocenters. The van der Waals surface area contributed by atoms with Crippen molar-refractivity contribution in [1.82, 2.24) is 19.7 Å². The molecular weight excluding hydrogens is 454 g/mol. The molecule has 180 valence electrons. The van der Waals surface area contributed by atoms with Crippen LogP contribution in [0.3, 0.4) is 0 Å². The predicted octanol–water partition coefficient (Wildman–Crippen LogP) is 3.86. The van der Waals surface area contributed by atoms with Crippen LogP contribution in [0.5, 0.6) is 0 Å². The van der Waals surface area contributed by atoms with Gasteiger partial charge in [0.25, 0.3) is 5.91 Å². The van der Waals surface area contributed by atoms with E-state index in [9.17, 15) is 9.90 Å². The standard InChI is InChI=1S/C25H30ClN5O3/c1-15(2)31-8-5-21(29-31)25(33)28-24-11-17-9-19(20(26)10-18(17)12-27-24)16-3-6-30(7-4-16)22-13-34-14-23(22)32/h5,8-12,15-16,22-23,32H,3-4,6-7,13-14H2,1-2H3,(H,27,28,33). The lowest BCUT2D eigenvalue weighted by Crippen LogP contribution is -2.46. The number of aromatic nitrogens is 3. The summed E-state index contributed by atoms with van der Waals surface area (Å²) in [6.45, 7) is 6.86. The molecule has 0 aliphatic carbocycles. The van der Waals surface area contributed by atoms with Crippen molar-refractivity contribution in [3.05, 3.63) is 52.9 Å². The summed E-state index contributed by atoms with van der Waals surface area (Å²) in [4.78, 5) is 19.4. The lowest BCUT2D eigenvalue weighted by atomic mass is 9.87. The lowest BCUT2D eigenvalue weighted by molar-refractivity contribution is 0.0663. The summed E-state index contributed by atoms with van der Waals surface area (Å²) >= 11 is 6.67. The van der Waals surface area contributed by atoms with Crippen molar-refractivity contribution in [3.8, 4) is 0 Å². The first-order valence-corrected chi connectivity index (χ1v) is 12.2. The molecule has 2 atom stereocenters. The van der Waals surface area contributed by atoms with Crippen LogP contribution in [0.15, 0.2) is 36.7 Å². The van der Waals surface area contributed by atoms with Crippen LogP contribution in [0.25, 0.3) is 10.8 Å². The zero-order chi connectivity index (χ0) is 23.8. The number of amides is 1. The highest BCUT2D eigenvalue weighted by Gasteiger charge is 2.34. The van der Waals surface area contributed by atoms with Crippen molar-refractivity contribution in [2.75, 3.05) is 31.6 Å². The second-order valence-electron chi connectivity index (χ2n) is 9.50. The molecule has 0 radical (unpaired) electrons. The van der Waals surface area contributed by atoms with Gasteiger partial charge in [-0.05, 0) is 80.9 Å². The minimum atomic E-state index is -0.402. The molecule has 4 heterocycles. The number of nitrogens with zero attached hydrogens (tertiary/aromatic N) is 4. The van der Waals surface area contributed by atoms with Crippen molar-refractivity contribution in [3.63, 3.8) is 0 Å². The molecule has 8 nitrogen and oxygen atoms in total. The second-order valence-corrected chi connectivity index (χ2v) is 9.91.